The molecule has 0 radical (unpaired) electrons. The fourth-order valence-corrected chi connectivity index (χ4v) is 2.37. The van der Waals surface area contributed by atoms with E-state index in [1.807, 2.05) is 58.0 Å². The van der Waals surface area contributed by atoms with Crippen molar-refractivity contribution >= 4 is 5.78 Å². The van der Waals surface area contributed by atoms with E-state index in [1.165, 1.54) is 0 Å². The van der Waals surface area contributed by atoms with Crippen LogP contribution in [0.1, 0.15) is 38.2 Å². The minimum Gasteiger partial charge on any atom is -0.496 e. The molecule has 2 aromatic rings. The molecule has 20 heavy (non-hydrogen) atoms. The van der Waals surface area contributed by atoms with Crippen LogP contribution in [0.5, 0.6) is 5.75 Å². The molecule has 0 spiro atoms. The van der Waals surface area contributed by atoms with Crippen molar-refractivity contribution in [2.75, 3.05) is 7.11 Å². The minimum atomic E-state index is 0.0196. The Morgan fingerprint density at radius 2 is 1.50 bits per heavy atom. The van der Waals surface area contributed by atoms with Gasteiger partial charge >= 0.3 is 0 Å². The molecule has 2 heteroatoms. The maximum atomic E-state index is 12.8. The number of benzene rings is 2. The van der Waals surface area contributed by atoms with Gasteiger partial charge in [-0.25, -0.2) is 0 Å². The van der Waals surface area contributed by atoms with Crippen LogP contribution in [0.15, 0.2) is 30.3 Å². The first-order valence-corrected chi connectivity index (χ1v) is 6.72. The number of hydrogen-bond donors (Lipinski definition) is 0. The highest BCUT2D eigenvalue weighted by atomic mass is 16.5. The number of carbonyl (C=O) groups is 1. The van der Waals surface area contributed by atoms with Gasteiger partial charge in [0.2, 0.25) is 0 Å². The normalized spacial score (nSPS) is 10.4. The smallest absolute Gasteiger partial charge is 0.197 e. The summed E-state index contributed by atoms with van der Waals surface area (Å²) in [5.74, 6) is 0.696. The van der Waals surface area contributed by atoms with Crippen molar-refractivity contribution in [1.29, 1.82) is 0 Å². The quantitative estimate of drug-likeness (QED) is 0.781. The van der Waals surface area contributed by atoms with E-state index in [2.05, 4.69) is 0 Å². The Balaban J connectivity index is 2.60. The lowest BCUT2D eigenvalue weighted by atomic mass is 9.93. The van der Waals surface area contributed by atoms with Crippen molar-refractivity contribution in [2.45, 2.75) is 27.7 Å². The molecule has 0 aliphatic carbocycles. The Hall–Kier alpha value is -2.09. The molecule has 0 N–H and O–H groups in total. The van der Waals surface area contributed by atoms with Gasteiger partial charge in [0.1, 0.15) is 5.75 Å². The summed E-state index contributed by atoms with van der Waals surface area (Å²) in [6.07, 6.45) is 0. The molecule has 2 aromatic carbocycles. The molecule has 0 atom stereocenters. The van der Waals surface area contributed by atoms with E-state index in [0.29, 0.717) is 11.3 Å². The molecule has 0 aliphatic rings. The van der Waals surface area contributed by atoms with Gasteiger partial charge in [-0.05, 0) is 56.0 Å². The summed E-state index contributed by atoms with van der Waals surface area (Å²) in [6, 6.07) is 9.63. The molecule has 0 aliphatic heterocycles. The van der Waals surface area contributed by atoms with E-state index >= 15 is 0 Å². The summed E-state index contributed by atoms with van der Waals surface area (Å²) in [5, 5.41) is 0. The summed E-state index contributed by atoms with van der Waals surface area (Å²) >= 11 is 0. The second-order valence-electron chi connectivity index (χ2n) is 5.16. The highest BCUT2D eigenvalue weighted by Gasteiger charge is 2.19. The molecule has 0 heterocycles. The predicted molar refractivity (Wildman–Crippen MR) is 81.8 cm³/mol. The SMILES string of the molecule is COc1c(C(=O)c2cccc(C)c2C)ccc(C)c1C. The summed E-state index contributed by atoms with van der Waals surface area (Å²) < 4.78 is 5.45. The van der Waals surface area contributed by atoms with Crippen molar-refractivity contribution in [3.63, 3.8) is 0 Å². The first-order chi connectivity index (χ1) is 9.47. The molecule has 0 unspecified atom stereocenters. The summed E-state index contributed by atoms with van der Waals surface area (Å²) in [5.41, 5.74) is 5.66. The molecule has 2 nitrogen and oxygen atoms in total. The fourth-order valence-electron chi connectivity index (χ4n) is 2.37. The van der Waals surface area contributed by atoms with Crippen molar-refractivity contribution in [3.05, 3.63) is 63.7 Å². The third kappa shape index (κ3) is 2.34. The summed E-state index contributed by atoms with van der Waals surface area (Å²) in [6.45, 7) is 8.00. The Morgan fingerprint density at radius 3 is 2.15 bits per heavy atom. The van der Waals surface area contributed by atoms with Gasteiger partial charge in [-0.3, -0.25) is 4.79 Å². The van der Waals surface area contributed by atoms with Gasteiger partial charge in [0.15, 0.2) is 5.78 Å². The summed E-state index contributed by atoms with van der Waals surface area (Å²) in [4.78, 5) is 12.8. The number of carbonyl (C=O) groups excluding carboxylic acids is 1. The lowest BCUT2D eigenvalue weighted by molar-refractivity contribution is 0.103. The third-order valence-electron chi connectivity index (χ3n) is 3.97. The number of ether oxygens (including phenoxy) is 1. The van der Waals surface area contributed by atoms with Crippen LogP contribution in [0.3, 0.4) is 0 Å². The van der Waals surface area contributed by atoms with Crippen LogP contribution < -0.4 is 4.74 Å². The molecule has 0 fully saturated rings. The number of rotatable bonds is 3. The zero-order chi connectivity index (χ0) is 14.9. The van der Waals surface area contributed by atoms with Crippen LogP contribution in [0.4, 0.5) is 0 Å². The maximum Gasteiger partial charge on any atom is 0.197 e. The van der Waals surface area contributed by atoms with E-state index in [0.717, 1.165) is 27.8 Å². The maximum absolute atomic E-state index is 12.8. The molecule has 0 amide bonds. The number of methoxy groups -OCH3 is 1. The topological polar surface area (TPSA) is 26.3 Å². The second kappa shape index (κ2) is 5.49. The first-order valence-electron chi connectivity index (χ1n) is 6.72. The first kappa shape index (κ1) is 14.3. The lowest BCUT2D eigenvalue weighted by Crippen LogP contribution is -2.08. The molecule has 0 saturated carbocycles. The fraction of sp³-hybridized carbons (Fsp3) is 0.278. The van der Waals surface area contributed by atoms with Crippen LogP contribution >= 0.6 is 0 Å². The Kier molecular flexibility index (Phi) is 3.93. The van der Waals surface area contributed by atoms with Crippen LogP contribution in [-0.2, 0) is 0 Å². The second-order valence-corrected chi connectivity index (χ2v) is 5.16. The van der Waals surface area contributed by atoms with Gasteiger partial charge in [0.05, 0.1) is 12.7 Å². The van der Waals surface area contributed by atoms with Crippen molar-refractivity contribution < 1.29 is 9.53 Å². The molecular weight excluding hydrogens is 248 g/mol. The molecule has 104 valence electrons. The molecule has 0 aromatic heterocycles. The van der Waals surface area contributed by atoms with Gasteiger partial charge < -0.3 is 4.74 Å². The largest absolute Gasteiger partial charge is 0.496 e. The van der Waals surface area contributed by atoms with Crippen molar-refractivity contribution in [3.8, 4) is 5.75 Å². The van der Waals surface area contributed by atoms with Gasteiger partial charge in [-0.2, -0.15) is 0 Å². The van der Waals surface area contributed by atoms with E-state index in [4.69, 9.17) is 4.74 Å². The van der Waals surface area contributed by atoms with Crippen molar-refractivity contribution in [2.24, 2.45) is 0 Å². The van der Waals surface area contributed by atoms with Gasteiger partial charge in [-0.1, -0.05) is 24.3 Å². The van der Waals surface area contributed by atoms with Crippen LogP contribution in [0.2, 0.25) is 0 Å². The Bertz CT molecular complexity index is 669. The van der Waals surface area contributed by atoms with Crippen molar-refractivity contribution in [1.82, 2.24) is 0 Å². The number of ketones is 1. The number of aryl methyl sites for hydroxylation is 2. The predicted octanol–water partition coefficient (Wildman–Crippen LogP) is 4.16. The average Bonchev–Trinajstić information content (AvgIpc) is 2.44. The summed E-state index contributed by atoms with van der Waals surface area (Å²) in [7, 11) is 1.61. The average molecular weight is 268 g/mol. The molecule has 0 saturated heterocycles. The van der Waals surface area contributed by atoms with E-state index in [9.17, 15) is 4.79 Å². The molecule has 0 bridgehead atoms. The van der Waals surface area contributed by atoms with Crippen LogP contribution in [-0.4, -0.2) is 12.9 Å². The molecular formula is C18H20O2. The third-order valence-corrected chi connectivity index (χ3v) is 3.97. The highest BCUT2D eigenvalue weighted by Crippen LogP contribution is 2.29. The van der Waals surface area contributed by atoms with Gasteiger partial charge in [-0.15, -0.1) is 0 Å². The van der Waals surface area contributed by atoms with Gasteiger partial charge in [0.25, 0.3) is 0 Å². The number of hydrogen-bond acceptors (Lipinski definition) is 2. The Labute approximate surface area is 120 Å². The molecule has 2 rings (SSSR count). The van der Waals surface area contributed by atoms with Crippen LogP contribution in [0, 0.1) is 27.7 Å². The van der Waals surface area contributed by atoms with E-state index in [-0.39, 0.29) is 5.78 Å². The van der Waals surface area contributed by atoms with Gasteiger partial charge in [0, 0.05) is 5.56 Å². The highest BCUT2D eigenvalue weighted by molar-refractivity contribution is 6.12. The van der Waals surface area contributed by atoms with E-state index in [1.54, 1.807) is 7.11 Å². The van der Waals surface area contributed by atoms with E-state index < -0.39 is 0 Å². The minimum absolute atomic E-state index is 0.0196. The Morgan fingerprint density at radius 1 is 0.850 bits per heavy atom. The zero-order valence-corrected chi connectivity index (χ0v) is 12.7. The lowest BCUT2D eigenvalue weighted by Gasteiger charge is -2.14. The monoisotopic (exact) mass is 268 g/mol. The van der Waals surface area contributed by atoms with Crippen LogP contribution in [0.25, 0.3) is 0 Å². The standard InChI is InChI=1S/C18H20O2/c1-11-7-6-8-15(13(11)3)17(19)16-10-9-12(2)14(4)18(16)20-5/h6-10H,1-5H3. The zero-order valence-electron chi connectivity index (χ0n) is 12.7.